The van der Waals surface area contributed by atoms with Crippen LogP contribution in [0.1, 0.15) is 37.3 Å². The van der Waals surface area contributed by atoms with E-state index in [9.17, 15) is 9.90 Å². The minimum atomic E-state index is -1.09. The van der Waals surface area contributed by atoms with E-state index in [4.69, 9.17) is 9.84 Å². The first-order valence-electron chi connectivity index (χ1n) is 8.18. The summed E-state index contributed by atoms with van der Waals surface area (Å²) in [5.74, 6) is 0.548. The van der Waals surface area contributed by atoms with Crippen molar-refractivity contribution in [3.63, 3.8) is 0 Å². The molecule has 0 aliphatic heterocycles. The number of halogens is 2. The van der Waals surface area contributed by atoms with Crippen molar-refractivity contribution in [1.29, 1.82) is 0 Å². The number of aliphatic carboxylic acids is 1. The van der Waals surface area contributed by atoms with E-state index in [1.807, 2.05) is 13.0 Å². The third-order valence-electron chi connectivity index (χ3n) is 3.85. The second kappa shape index (κ2) is 9.75. The van der Waals surface area contributed by atoms with Crippen LogP contribution in [0.3, 0.4) is 0 Å². The highest BCUT2D eigenvalue weighted by Gasteiger charge is 2.13. The topological polar surface area (TPSA) is 88.4 Å². The zero-order chi connectivity index (χ0) is 20.0. The van der Waals surface area contributed by atoms with Gasteiger partial charge in [0.05, 0.1) is 15.2 Å². The largest absolute Gasteiger partial charge is 0.508 e. The average molecular weight is 501 g/mol. The number of rotatable bonds is 8. The van der Waals surface area contributed by atoms with Crippen LogP contribution in [0.4, 0.5) is 0 Å². The summed E-state index contributed by atoms with van der Waals surface area (Å²) in [4.78, 5) is 15.0. The summed E-state index contributed by atoms with van der Waals surface area (Å²) in [7, 11) is 0. The van der Waals surface area contributed by atoms with Crippen molar-refractivity contribution >= 4 is 44.0 Å². The first-order valence-corrected chi connectivity index (χ1v) is 9.77. The van der Waals surface area contributed by atoms with E-state index in [0.29, 0.717) is 26.0 Å². The van der Waals surface area contributed by atoms with Gasteiger partial charge in [-0.3, -0.25) is 0 Å². The molecule has 0 aromatic heterocycles. The molecule has 0 bridgehead atoms. The number of hydrogen-bond donors (Lipinski definition) is 2. The van der Waals surface area contributed by atoms with Gasteiger partial charge >= 0.3 is 5.97 Å². The first kappa shape index (κ1) is 21.2. The molecule has 0 fully saturated rings. The molecule has 0 saturated heterocycles. The number of carbonyl (C=O) groups is 1. The molecule has 0 aliphatic carbocycles. The Kier molecular flexibility index (Phi) is 7.67. The average Bonchev–Trinajstić information content (AvgIpc) is 2.62. The van der Waals surface area contributed by atoms with Crippen molar-refractivity contribution < 1.29 is 24.6 Å². The van der Waals surface area contributed by atoms with Gasteiger partial charge < -0.3 is 19.8 Å². The Bertz CT molecular complexity index is 831. The van der Waals surface area contributed by atoms with E-state index in [2.05, 4.69) is 48.8 Å². The zero-order valence-corrected chi connectivity index (χ0v) is 17.9. The van der Waals surface area contributed by atoms with Gasteiger partial charge in [0, 0.05) is 5.56 Å². The van der Waals surface area contributed by atoms with Crippen molar-refractivity contribution in [2.45, 2.75) is 26.2 Å². The Morgan fingerprint density at radius 3 is 2.52 bits per heavy atom. The molecular formula is C19H19Br2NO5. The van der Waals surface area contributed by atoms with Gasteiger partial charge in [-0.25, -0.2) is 4.79 Å². The quantitative estimate of drug-likeness (QED) is 0.360. The zero-order valence-electron chi connectivity index (χ0n) is 14.8. The highest BCUT2D eigenvalue weighted by Crippen LogP contribution is 2.39. The number of carboxylic acid groups (broad SMARTS) is 1. The second-order valence-corrected chi connectivity index (χ2v) is 7.56. The van der Waals surface area contributed by atoms with Crippen LogP contribution in [0.15, 0.2) is 44.4 Å². The third-order valence-corrected chi connectivity index (χ3v) is 5.03. The number of phenolic OH excluding ortho intramolecular Hbond substituents is 1. The van der Waals surface area contributed by atoms with Gasteiger partial charge in [-0.1, -0.05) is 19.0 Å². The summed E-state index contributed by atoms with van der Waals surface area (Å²) in [6.07, 6.45) is 2.31. The number of aromatic hydroxyl groups is 1. The van der Waals surface area contributed by atoms with Crippen molar-refractivity contribution in [3.8, 4) is 17.2 Å². The van der Waals surface area contributed by atoms with Crippen LogP contribution in [-0.2, 0) is 9.63 Å². The van der Waals surface area contributed by atoms with Gasteiger partial charge in [0.1, 0.15) is 11.5 Å². The molecule has 0 spiro atoms. The van der Waals surface area contributed by atoms with E-state index in [1.54, 1.807) is 24.3 Å². The van der Waals surface area contributed by atoms with E-state index in [1.165, 1.54) is 6.21 Å². The Morgan fingerprint density at radius 2 is 1.93 bits per heavy atom. The van der Waals surface area contributed by atoms with Crippen LogP contribution in [0.5, 0.6) is 17.2 Å². The maximum Gasteiger partial charge on any atom is 0.344 e. The fraction of sp³-hybridized carbons (Fsp3) is 0.263. The van der Waals surface area contributed by atoms with Gasteiger partial charge in [0.2, 0.25) is 6.61 Å². The van der Waals surface area contributed by atoms with Crippen LogP contribution in [-0.4, -0.2) is 29.0 Å². The number of phenols is 1. The highest BCUT2D eigenvalue weighted by atomic mass is 79.9. The van der Waals surface area contributed by atoms with Crippen molar-refractivity contribution in [2.24, 2.45) is 5.16 Å². The SMILES string of the molecule is CCC(C)c1cc(Oc2c(Br)cc(/C=N\OCC(=O)O)cc2Br)ccc1O. The lowest BCUT2D eigenvalue weighted by Gasteiger charge is -2.15. The number of carboxylic acids is 1. The fourth-order valence-corrected chi connectivity index (χ4v) is 3.65. The van der Waals surface area contributed by atoms with Crippen molar-refractivity contribution in [2.75, 3.05) is 6.61 Å². The Hall–Kier alpha value is -2.06. The summed E-state index contributed by atoms with van der Waals surface area (Å²) in [5.41, 5.74) is 1.53. The maximum absolute atomic E-state index is 10.4. The minimum Gasteiger partial charge on any atom is -0.508 e. The fourth-order valence-electron chi connectivity index (χ4n) is 2.27. The molecule has 2 aromatic rings. The van der Waals surface area contributed by atoms with Crippen molar-refractivity contribution in [1.82, 2.24) is 0 Å². The van der Waals surface area contributed by atoms with E-state index in [-0.39, 0.29) is 11.7 Å². The Balaban J connectivity index is 2.21. The second-order valence-electron chi connectivity index (χ2n) is 5.85. The maximum atomic E-state index is 10.4. The molecule has 144 valence electrons. The number of oxime groups is 1. The lowest BCUT2D eigenvalue weighted by atomic mass is 9.97. The minimum absolute atomic E-state index is 0.213. The smallest absolute Gasteiger partial charge is 0.344 e. The number of benzene rings is 2. The molecule has 2 N–H and O–H groups in total. The molecule has 8 heteroatoms. The predicted molar refractivity (Wildman–Crippen MR) is 110 cm³/mol. The predicted octanol–water partition coefficient (Wildman–Crippen LogP) is 5.66. The van der Waals surface area contributed by atoms with Gasteiger partial charge in [0.25, 0.3) is 0 Å². The molecule has 0 amide bonds. The van der Waals surface area contributed by atoms with Crippen LogP contribution in [0.2, 0.25) is 0 Å². The van der Waals surface area contributed by atoms with Crippen LogP contribution in [0, 0.1) is 0 Å². The van der Waals surface area contributed by atoms with Gasteiger partial charge in [-0.15, -0.1) is 0 Å². The van der Waals surface area contributed by atoms with E-state index >= 15 is 0 Å². The molecule has 0 saturated carbocycles. The van der Waals surface area contributed by atoms with Gasteiger partial charge in [-0.05, 0) is 80.1 Å². The number of hydrogen-bond acceptors (Lipinski definition) is 5. The monoisotopic (exact) mass is 499 g/mol. The standard InChI is InChI=1S/C19H19Br2NO5/c1-3-11(2)14-8-13(4-5-17(14)23)27-19-15(20)6-12(7-16(19)21)9-22-26-10-18(24)25/h4-9,11,23H,3,10H2,1-2H3,(H,24,25)/b22-9-. The molecule has 2 aromatic carbocycles. The molecule has 1 atom stereocenters. The van der Waals surface area contributed by atoms with Crippen LogP contribution in [0.25, 0.3) is 0 Å². The molecule has 6 nitrogen and oxygen atoms in total. The van der Waals surface area contributed by atoms with Gasteiger partial charge in [-0.2, -0.15) is 0 Å². The molecule has 0 aliphatic rings. The molecule has 0 heterocycles. The third kappa shape index (κ3) is 5.97. The lowest BCUT2D eigenvalue weighted by Crippen LogP contribution is -2.03. The highest BCUT2D eigenvalue weighted by molar-refractivity contribution is 9.11. The first-order chi connectivity index (χ1) is 12.8. The normalized spacial score (nSPS) is 12.1. The molecular weight excluding hydrogens is 482 g/mol. The summed E-state index contributed by atoms with van der Waals surface area (Å²) in [6, 6.07) is 8.69. The number of ether oxygens (including phenoxy) is 1. The summed E-state index contributed by atoms with van der Waals surface area (Å²) < 4.78 is 7.34. The Morgan fingerprint density at radius 1 is 1.26 bits per heavy atom. The lowest BCUT2D eigenvalue weighted by molar-refractivity contribution is -0.142. The molecule has 1 unspecified atom stereocenters. The summed E-state index contributed by atoms with van der Waals surface area (Å²) in [5, 5.41) is 22.2. The molecule has 0 radical (unpaired) electrons. The molecule has 2 rings (SSSR count). The van der Waals surface area contributed by atoms with Gasteiger partial charge in [0.15, 0.2) is 5.75 Å². The van der Waals surface area contributed by atoms with Crippen molar-refractivity contribution in [3.05, 3.63) is 50.4 Å². The summed E-state index contributed by atoms with van der Waals surface area (Å²) in [6.45, 7) is 3.61. The van der Waals surface area contributed by atoms with E-state index in [0.717, 1.165) is 12.0 Å². The van der Waals surface area contributed by atoms with Crippen LogP contribution < -0.4 is 4.74 Å². The molecule has 27 heavy (non-hydrogen) atoms. The van der Waals surface area contributed by atoms with Crippen LogP contribution >= 0.6 is 31.9 Å². The van der Waals surface area contributed by atoms with E-state index < -0.39 is 12.6 Å². The Labute approximate surface area is 174 Å². The summed E-state index contributed by atoms with van der Waals surface area (Å²) >= 11 is 6.92. The number of nitrogens with zero attached hydrogens (tertiary/aromatic N) is 1.